The van der Waals surface area contributed by atoms with Crippen molar-refractivity contribution in [2.75, 3.05) is 46.6 Å². The van der Waals surface area contributed by atoms with Crippen LogP contribution in [-0.4, -0.2) is 122 Å². The molecule has 0 aromatic heterocycles. The molecule has 17 nitrogen and oxygen atoms in total. The van der Waals surface area contributed by atoms with Crippen molar-refractivity contribution in [3.8, 4) is 5.75 Å². The number of ether oxygens (including phenoxy) is 6. The summed E-state index contributed by atoms with van der Waals surface area (Å²) >= 11 is 0. The van der Waals surface area contributed by atoms with Crippen LogP contribution in [0.3, 0.4) is 0 Å². The molecule has 2 rings (SSSR count). The summed E-state index contributed by atoms with van der Waals surface area (Å²) in [6.45, 7) is 9.50. The summed E-state index contributed by atoms with van der Waals surface area (Å²) in [6.07, 6.45) is -2.21. The Morgan fingerprint density at radius 1 is 1.05 bits per heavy atom. The van der Waals surface area contributed by atoms with Crippen LogP contribution in [0.2, 0.25) is 0 Å². The quantitative estimate of drug-likeness (QED) is 0.0669. The number of rotatable bonds is 26. The zero-order valence-corrected chi connectivity index (χ0v) is 32.8. The average molecular weight is 782 g/mol. The van der Waals surface area contributed by atoms with Gasteiger partial charge in [0.25, 0.3) is 5.91 Å². The van der Waals surface area contributed by atoms with Gasteiger partial charge < -0.3 is 54.6 Å². The van der Waals surface area contributed by atoms with E-state index in [1.54, 1.807) is 27.0 Å². The minimum Gasteiger partial charge on any atom is -0.479 e. The number of nitrogens with one attached hydrogen (secondary N) is 3. The molecule has 1 unspecified atom stereocenters. The number of carboxylic acids is 1. The van der Waals surface area contributed by atoms with Crippen molar-refractivity contribution in [1.29, 1.82) is 0 Å². The molecule has 17 heteroatoms. The molecule has 310 valence electrons. The third-order valence-corrected chi connectivity index (χ3v) is 8.58. The number of hydrogen-bond acceptors (Lipinski definition) is 13. The highest BCUT2D eigenvalue weighted by Crippen LogP contribution is 2.27. The Balaban J connectivity index is 2.02. The maximum Gasteiger partial charge on any atom is 0.333 e. The van der Waals surface area contributed by atoms with E-state index in [-0.39, 0.29) is 87.7 Å². The molecule has 0 radical (unpaired) electrons. The number of aliphatic hydroxyl groups excluding tert-OH is 1. The Morgan fingerprint density at radius 2 is 1.80 bits per heavy atom. The molecular formula is C38H59N3O14. The summed E-state index contributed by atoms with van der Waals surface area (Å²) in [5.74, 6) is -4.10. The molecule has 1 saturated heterocycles. The molecule has 1 fully saturated rings. The number of likely N-dealkylation sites (N-methyl/N-ethyl adjacent to an activating group) is 1. The van der Waals surface area contributed by atoms with Crippen LogP contribution in [0, 0.1) is 5.92 Å². The van der Waals surface area contributed by atoms with Crippen LogP contribution in [0.4, 0.5) is 0 Å². The Kier molecular flexibility index (Phi) is 20.8. The van der Waals surface area contributed by atoms with E-state index in [1.807, 2.05) is 13.8 Å². The molecule has 0 spiro atoms. The first-order chi connectivity index (χ1) is 26.0. The second-order valence-electron chi connectivity index (χ2n) is 14.0. The van der Waals surface area contributed by atoms with E-state index in [1.165, 1.54) is 19.1 Å². The summed E-state index contributed by atoms with van der Waals surface area (Å²) in [5, 5.41) is 27.6. The van der Waals surface area contributed by atoms with Crippen molar-refractivity contribution in [3.63, 3.8) is 0 Å². The highest BCUT2D eigenvalue weighted by Gasteiger charge is 2.34. The van der Waals surface area contributed by atoms with Gasteiger partial charge in [0.2, 0.25) is 18.1 Å². The monoisotopic (exact) mass is 781 g/mol. The van der Waals surface area contributed by atoms with Gasteiger partial charge in [0.15, 0.2) is 11.9 Å². The molecule has 3 amide bonds. The topological polar surface area (TPSA) is 234 Å². The number of methoxy groups -OCH3 is 1. The van der Waals surface area contributed by atoms with Crippen molar-refractivity contribution >= 4 is 35.4 Å². The number of aliphatic hydroxyl groups is 1. The molecular weight excluding hydrogens is 722 g/mol. The minimum atomic E-state index is -1.29. The van der Waals surface area contributed by atoms with Crippen molar-refractivity contribution in [2.45, 2.75) is 116 Å². The number of hydrogen-bond donors (Lipinski definition) is 5. The van der Waals surface area contributed by atoms with E-state index in [0.29, 0.717) is 38.0 Å². The zero-order valence-electron chi connectivity index (χ0n) is 32.8. The number of unbranched alkanes of at least 4 members (excludes halogenated alkanes) is 1. The van der Waals surface area contributed by atoms with Gasteiger partial charge in [-0.2, -0.15) is 0 Å². The fraction of sp³-hybridized carbons (Fsp3) is 0.684. The van der Waals surface area contributed by atoms with Gasteiger partial charge in [-0.25, -0.2) is 4.79 Å². The van der Waals surface area contributed by atoms with Crippen LogP contribution < -0.4 is 20.7 Å². The Morgan fingerprint density at radius 3 is 2.47 bits per heavy atom. The molecule has 0 saturated carbocycles. The molecule has 5 N–H and O–H groups in total. The molecule has 1 aromatic carbocycles. The van der Waals surface area contributed by atoms with Gasteiger partial charge in [-0.1, -0.05) is 12.5 Å². The van der Waals surface area contributed by atoms with Gasteiger partial charge in [0.1, 0.15) is 19.0 Å². The summed E-state index contributed by atoms with van der Waals surface area (Å²) in [4.78, 5) is 74.3. The number of aliphatic carboxylic acids is 1. The maximum absolute atomic E-state index is 13.4. The highest BCUT2D eigenvalue weighted by molar-refractivity contribution is 5.97. The SMILES string of the molecule is CCNC(=O)CNC(=O)[C@H](CCCCNC(=O)c1cc(COC(C)=O)ccc1O[C@H]1C[C@@H](O)C[C@@H](C(=O)O)O1)CC(=O)COC(C)COC(C)(C)CCOC. The zero-order chi connectivity index (χ0) is 41.0. The normalized spacial score (nSPS) is 18.1. The number of carboxylic acid groups (broad SMARTS) is 1. The average Bonchev–Trinajstić information content (AvgIpc) is 3.13. The van der Waals surface area contributed by atoms with Crippen molar-refractivity contribution in [3.05, 3.63) is 29.3 Å². The first-order valence-electron chi connectivity index (χ1n) is 18.6. The molecule has 5 atom stereocenters. The number of carbonyl (C=O) groups is 6. The van der Waals surface area contributed by atoms with Gasteiger partial charge in [-0.05, 0) is 64.7 Å². The van der Waals surface area contributed by atoms with E-state index in [0.717, 1.165) is 0 Å². The molecule has 0 aliphatic carbocycles. The lowest BCUT2D eigenvalue weighted by atomic mass is 9.95. The van der Waals surface area contributed by atoms with Crippen molar-refractivity contribution in [2.24, 2.45) is 5.92 Å². The lowest BCUT2D eigenvalue weighted by Gasteiger charge is -2.31. The van der Waals surface area contributed by atoms with Crippen molar-refractivity contribution in [1.82, 2.24) is 16.0 Å². The fourth-order valence-corrected chi connectivity index (χ4v) is 5.46. The highest BCUT2D eigenvalue weighted by atomic mass is 16.7. The van der Waals surface area contributed by atoms with Gasteiger partial charge >= 0.3 is 11.9 Å². The third kappa shape index (κ3) is 18.8. The molecule has 0 bridgehead atoms. The van der Waals surface area contributed by atoms with Gasteiger partial charge in [-0.15, -0.1) is 0 Å². The lowest BCUT2D eigenvalue weighted by molar-refractivity contribution is -0.195. The number of carbonyl (C=O) groups excluding carboxylic acids is 5. The number of Topliss-reactive ketones (excluding diaryl/α,β-unsaturated/α-hetero) is 1. The van der Waals surface area contributed by atoms with Gasteiger partial charge in [0, 0.05) is 58.9 Å². The number of benzene rings is 1. The largest absolute Gasteiger partial charge is 0.479 e. The molecule has 1 heterocycles. The first-order valence-corrected chi connectivity index (χ1v) is 18.6. The van der Waals surface area contributed by atoms with Crippen LogP contribution in [0.15, 0.2) is 18.2 Å². The third-order valence-electron chi connectivity index (χ3n) is 8.58. The molecule has 1 aliphatic heterocycles. The molecule has 55 heavy (non-hydrogen) atoms. The fourth-order valence-electron chi connectivity index (χ4n) is 5.46. The van der Waals surface area contributed by atoms with Crippen LogP contribution in [-0.2, 0) is 54.3 Å². The second-order valence-corrected chi connectivity index (χ2v) is 14.0. The molecule has 1 aromatic rings. The summed E-state index contributed by atoms with van der Waals surface area (Å²) < 4.78 is 33.1. The molecule has 1 aliphatic rings. The smallest absolute Gasteiger partial charge is 0.333 e. The van der Waals surface area contributed by atoms with E-state index in [2.05, 4.69) is 16.0 Å². The summed E-state index contributed by atoms with van der Waals surface area (Å²) in [5.41, 5.74) is 0.118. The van der Waals surface area contributed by atoms with E-state index in [9.17, 15) is 39.0 Å². The van der Waals surface area contributed by atoms with E-state index < -0.39 is 53.8 Å². The van der Waals surface area contributed by atoms with Crippen molar-refractivity contribution < 1.29 is 67.4 Å². The van der Waals surface area contributed by atoms with E-state index >= 15 is 0 Å². The lowest BCUT2D eigenvalue weighted by Crippen LogP contribution is -2.42. The van der Waals surface area contributed by atoms with E-state index in [4.69, 9.17) is 28.4 Å². The van der Waals surface area contributed by atoms with Gasteiger partial charge in [-0.3, -0.25) is 24.0 Å². The predicted octanol–water partition coefficient (Wildman–Crippen LogP) is 2.04. The Bertz CT molecular complexity index is 1420. The number of esters is 1. The maximum atomic E-state index is 13.4. The predicted molar refractivity (Wildman–Crippen MR) is 197 cm³/mol. The standard InChI is InChI=1S/C38H59N3O14/c1-7-39-33(45)20-41-35(46)27(17-29(44)23-51-24(2)21-53-38(4,5)13-15-50-6)10-8-9-14-40-36(47)30-16-26(22-52-25(3)42)11-12-31(30)54-34-19-28(43)18-32(55-34)37(48)49/h11-12,16,24,27-28,32,34,43H,7-10,13-15,17-23H2,1-6H3,(H,39,45)(H,40,47)(H,41,46)(H,48,49)/t24?,27-,28+,32+,34-/m1/s1. The first kappa shape index (κ1) is 47.0. The van der Waals surface area contributed by atoms with Crippen LogP contribution in [0.5, 0.6) is 5.75 Å². The Labute approximate surface area is 322 Å². The Hall–Kier alpha value is -4.16. The second kappa shape index (κ2) is 24.4. The summed E-state index contributed by atoms with van der Waals surface area (Å²) in [6, 6.07) is 4.52. The number of ketones is 1. The van der Waals surface area contributed by atoms with Crippen LogP contribution >= 0.6 is 0 Å². The number of amides is 3. The minimum absolute atomic E-state index is 0.0201. The van der Waals surface area contributed by atoms with Gasteiger partial charge in [0.05, 0.1) is 36.5 Å². The summed E-state index contributed by atoms with van der Waals surface area (Å²) in [7, 11) is 1.62. The van der Waals surface area contributed by atoms with Crippen LogP contribution in [0.25, 0.3) is 0 Å². The van der Waals surface area contributed by atoms with Crippen LogP contribution in [0.1, 0.15) is 95.5 Å².